The van der Waals surface area contributed by atoms with Crippen LogP contribution in [0.3, 0.4) is 0 Å². The number of halogens is 1. The third-order valence-corrected chi connectivity index (χ3v) is 1.76. The minimum absolute atomic E-state index is 0.0534. The van der Waals surface area contributed by atoms with Gasteiger partial charge in [0.05, 0.1) is 5.56 Å². The van der Waals surface area contributed by atoms with Crippen LogP contribution in [0.4, 0.5) is 4.39 Å². The van der Waals surface area contributed by atoms with Crippen LogP contribution in [0.5, 0.6) is 5.75 Å². The van der Waals surface area contributed by atoms with Gasteiger partial charge in [-0.1, -0.05) is 12.2 Å². The Morgan fingerprint density at radius 1 is 1.60 bits per heavy atom. The van der Waals surface area contributed by atoms with Gasteiger partial charge in [0.2, 0.25) is 0 Å². The van der Waals surface area contributed by atoms with Gasteiger partial charge < -0.3 is 10.4 Å². The van der Waals surface area contributed by atoms with Crippen LogP contribution >= 0.6 is 0 Å². The van der Waals surface area contributed by atoms with Crippen LogP contribution in [0.1, 0.15) is 17.3 Å². The van der Waals surface area contributed by atoms with Crippen LogP contribution < -0.4 is 5.32 Å². The lowest BCUT2D eigenvalue weighted by Gasteiger charge is -2.06. The zero-order valence-electron chi connectivity index (χ0n) is 8.38. The van der Waals surface area contributed by atoms with Crippen molar-refractivity contribution in [3.63, 3.8) is 0 Å². The van der Waals surface area contributed by atoms with Crippen molar-refractivity contribution in [2.24, 2.45) is 0 Å². The molecule has 0 aliphatic rings. The van der Waals surface area contributed by atoms with Gasteiger partial charge in [0, 0.05) is 12.6 Å². The monoisotopic (exact) mass is 209 g/mol. The number of rotatable bonds is 3. The number of hydrogen-bond donors (Lipinski definition) is 2. The quantitative estimate of drug-likeness (QED) is 0.746. The second kappa shape index (κ2) is 4.59. The van der Waals surface area contributed by atoms with E-state index in [0.717, 1.165) is 17.7 Å². The first-order valence-electron chi connectivity index (χ1n) is 4.42. The molecule has 0 unspecified atom stereocenters. The van der Waals surface area contributed by atoms with Crippen LogP contribution in [-0.4, -0.2) is 17.6 Å². The van der Waals surface area contributed by atoms with Crippen LogP contribution in [0.15, 0.2) is 30.4 Å². The third-order valence-electron chi connectivity index (χ3n) is 1.76. The number of nitrogens with one attached hydrogen (secondary N) is 1. The molecule has 0 radical (unpaired) electrons. The number of aromatic hydroxyl groups is 1. The minimum atomic E-state index is -0.580. The summed E-state index contributed by atoms with van der Waals surface area (Å²) in [6.45, 7) is 5.72. The summed E-state index contributed by atoms with van der Waals surface area (Å²) in [6.07, 6.45) is 0. The first-order chi connectivity index (χ1) is 7.00. The van der Waals surface area contributed by atoms with Gasteiger partial charge in [-0.15, -0.1) is 0 Å². The maximum atomic E-state index is 12.6. The summed E-state index contributed by atoms with van der Waals surface area (Å²) in [6, 6.07) is 3.25. The average molecular weight is 209 g/mol. The summed E-state index contributed by atoms with van der Waals surface area (Å²) in [4.78, 5) is 11.4. The van der Waals surface area contributed by atoms with Crippen molar-refractivity contribution in [2.75, 3.05) is 6.54 Å². The lowest BCUT2D eigenvalue weighted by atomic mass is 10.2. The summed E-state index contributed by atoms with van der Waals surface area (Å²) >= 11 is 0. The smallest absolute Gasteiger partial charge is 0.255 e. The molecule has 0 saturated carbocycles. The molecule has 80 valence electrons. The van der Waals surface area contributed by atoms with Gasteiger partial charge in [0.15, 0.2) is 0 Å². The van der Waals surface area contributed by atoms with Crippen LogP contribution in [-0.2, 0) is 0 Å². The number of carbonyl (C=O) groups is 1. The summed E-state index contributed by atoms with van der Waals surface area (Å²) in [7, 11) is 0. The van der Waals surface area contributed by atoms with Gasteiger partial charge in [-0.3, -0.25) is 4.79 Å². The molecule has 1 rings (SSSR count). The van der Waals surface area contributed by atoms with E-state index in [4.69, 9.17) is 0 Å². The molecule has 0 aromatic heterocycles. The van der Waals surface area contributed by atoms with Crippen molar-refractivity contribution in [3.8, 4) is 5.75 Å². The van der Waals surface area contributed by atoms with E-state index < -0.39 is 11.7 Å². The predicted molar refractivity (Wildman–Crippen MR) is 55.2 cm³/mol. The predicted octanol–water partition coefficient (Wildman–Crippen LogP) is 1.84. The first kappa shape index (κ1) is 11.2. The highest BCUT2D eigenvalue weighted by Crippen LogP contribution is 2.17. The van der Waals surface area contributed by atoms with Crippen LogP contribution in [0, 0.1) is 5.82 Å². The maximum Gasteiger partial charge on any atom is 0.255 e. The highest BCUT2D eigenvalue weighted by Gasteiger charge is 2.10. The molecular formula is C11H12FNO2. The van der Waals surface area contributed by atoms with Crippen molar-refractivity contribution >= 4 is 5.91 Å². The van der Waals surface area contributed by atoms with E-state index in [0.29, 0.717) is 6.54 Å². The van der Waals surface area contributed by atoms with Gasteiger partial charge in [-0.2, -0.15) is 0 Å². The Balaban J connectivity index is 2.78. The fourth-order valence-corrected chi connectivity index (χ4v) is 1.02. The first-order valence-corrected chi connectivity index (χ1v) is 4.42. The van der Waals surface area contributed by atoms with Gasteiger partial charge in [0.25, 0.3) is 5.91 Å². The highest BCUT2D eigenvalue weighted by atomic mass is 19.1. The molecule has 1 amide bonds. The van der Waals surface area contributed by atoms with Gasteiger partial charge >= 0.3 is 0 Å². The van der Waals surface area contributed by atoms with Crippen molar-refractivity contribution in [1.82, 2.24) is 5.32 Å². The van der Waals surface area contributed by atoms with E-state index in [1.807, 2.05) is 0 Å². The summed E-state index contributed by atoms with van der Waals surface area (Å²) < 4.78 is 12.6. The molecule has 4 heteroatoms. The summed E-state index contributed by atoms with van der Waals surface area (Å²) in [5, 5.41) is 11.8. The number of phenols is 1. The molecule has 3 nitrogen and oxygen atoms in total. The van der Waals surface area contributed by atoms with E-state index in [2.05, 4.69) is 11.9 Å². The van der Waals surface area contributed by atoms with Crippen molar-refractivity contribution in [2.45, 2.75) is 6.92 Å². The Kier molecular flexibility index (Phi) is 3.44. The SMILES string of the molecule is C=C(C)CNC(=O)c1ccc(F)cc1O. The normalized spacial score (nSPS) is 9.73. The largest absolute Gasteiger partial charge is 0.507 e. The number of amides is 1. The van der Waals surface area contributed by atoms with E-state index in [-0.39, 0.29) is 11.3 Å². The summed E-state index contributed by atoms with van der Waals surface area (Å²) in [5.74, 6) is -1.39. The lowest BCUT2D eigenvalue weighted by Crippen LogP contribution is -2.24. The Bertz CT molecular complexity index is 402. The molecule has 0 bridgehead atoms. The molecule has 0 fully saturated rings. The molecular weight excluding hydrogens is 197 g/mol. The fourth-order valence-electron chi connectivity index (χ4n) is 1.02. The van der Waals surface area contributed by atoms with Gasteiger partial charge in [-0.25, -0.2) is 4.39 Å². The highest BCUT2D eigenvalue weighted by molar-refractivity contribution is 5.96. The van der Waals surface area contributed by atoms with Crippen molar-refractivity contribution in [1.29, 1.82) is 0 Å². The molecule has 15 heavy (non-hydrogen) atoms. The molecule has 1 aromatic rings. The molecule has 0 atom stereocenters. The van der Waals surface area contributed by atoms with E-state index in [1.165, 1.54) is 6.07 Å². The fraction of sp³-hybridized carbons (Fsp3) is 0.182. The molecule has 0 aliphatic carbocycles. The molecule has 1 aromatic carbocycles. The Morgan fingerprint density at radius 3 is 2.80 bits per heavy atom. The molecule has 0 spiro atoms. The topological polar surface area (TPSA) is 49.3 Å². The van der Waals surface area contributed by atoms with E-state index >= 15 is 0 Å². The number of benzene rings is 1. The molecule has 0 aliphatic heterocycles. The zero-order valence-corrected chi connectivity index (χ0v) is 8.38. The van der Waals surface area contributed by atoms with Gasteiger partial charge in [-0.05, 0) is 19.1 Å². The number of carbonyl (C=O) groups excluding carboxylic acids is 1. The standard InChI is InChI=1S/C11H12FNO2/c1-7(2)6-13-11(15)9-4-3-8(12)5-10(9)14/h3-5,14H,1,6H2,2H3,(H,13,15). The maximum absolute atomic E-state index is 12.6. The number of hydrogen-bond acceptors (Lipinski definition) is 2. The average Bonchev–Trinajstić information content (AvgIpc) is 2.14. The lowest BCUT2D eigenvalue weighted by molar-refractivity contribution is 0.0954. The van der Waals surface area contributed by atoms with E-state index in [1.54, 1.807) is 6.92 Å². The third kappa shape index (κ3) is 3.09. The molecule has 2 N–H and O–H groups in total. The van der Waals surface area contributed by atoms with Crippen LogP contribution in [0.25, 0.3) is 0 Å². The second-order valence-corrected chi connectivity index (χ2v) is 3.30. The Morgan fingerprint density at radius 2 is 2.27 bits per heavy atom. The zero-order chi connectivity index (χ0) is 11.4. The van der Waals surface area contributed by atoms with Crippen molar-refractivity contribution in [3.05, 3.63) is 41.7 Å². The van der Waals surface area contributed by atoms with E-state index in [9.17, 15) is 14.3 Å². The second-order valence-electron chi connectivity index (χ2n) is 3.30. The number of phenolic OH excluding ortho intramolecular Hbond substituents is 1. The van der Waals surface area contributed by atoms with Crippen molar-refractivity contribution < 1.29 is 14.3 Å². The van der Waals surface area contributed by atoms with Crippen LogP contribution in [0.2, 0.25) is 0 Å². The molecule has 0 heterocycles. The Labute approximate surface area is 87.2 Å². The van der Waals surface area contributed by atoms with Gasteiger partial charge in [0.1, 0.15) is 11.6 Å². The minimum Gasteiger partial charge on any atom is -0.507 e. The molecule has 0 saturated heterocycles. The summed E-state index contributed by atoms with van der Waals surface area (Å²) in [5.41, 5.74) is 0.850. The Hall–Kier alpha value is -1.84.